The number of thiophene rings is 1. The van der Waals surface area contributed by atoms with Crippen LogP contribution in [0.3, 0.4) is 0 Å². The molecule has 3 heterocycles. The highest BCUT2D eigenvalue weighted by atomic mass is 35.5. The van der Waals surface area contributed by atoms with Crippen molar-refractivity contribution in [3.63, 3.8) is 0 Å². The molecule has 4 aromatic rings. The van der Waals surface area contributed by atoms with Gasteiger partial charge in [0.2, 0.25) is 10.5 Å². The molecule has 1 aromatic carbocycles. The Morgan fingerprint density at radius 1 is 1.35 bits per heavy atom. The Labute approximate surface area is 162 Å². The average Bonchev–Trinajstić information content (AvgIpc) is 3.17. The number of H-pyrrole nitrogens is 1. The molecule has 0 saturated carbocycles. The van der Waals surface area contributed by atoms with Crippen molar-refractivity contribution in [3.8, 4) is 5.69 Å². The second kappa shape index (κ2) is 5.77. The van der Waals surface area contributed by atoms with E-state index in [0.29, 0.717) is 21.5 Å². The smallest absolute Gasteiger partial charge is 0.268 e. The van der Waals surface area contributed by atoms with Crippen molar-refractivity contribution < 1.29 is 0 Å². The van der Waals surface area contributed by atoms with Gasteiger partial charge in [-0.25, -0.2) is 14.1 Å². The van der Waals surface area contributed by atoms with Crippen molar-refractivity contribution in [2.45, 2.75) is 26.2 Å². The lowest BCUT2D eigenvalue weighted by molar-refractivity contribution is 0.509. The number of aryl methyl sites for hydroxylation is 1. The van der Waals surface area contributed by atoms with E-state index in [9.17, 15) is 4.79 Å². The summed E-state index contributed by atoms with van der Waals surface area (Å²) < 4.78 is 4.00. The lowest BCUT2D eigenvalue weighted by Crippen LogP contribution is -2.22. The van der Waals surface area contributed by atoms with Crippen LogP contribution in [0.1, 0.15) is 23.8 Å². The van der Waals surface area contributed by atoms with E-state index in [1.165, 1.54) is 10.4 Å². The fourth-order valence-corrected chi connectivity index (χ4v) is 5.67. The predicted molar refractivity (Wildman–Crippen MR) is 108 cm³/mol. The van der Waals surface area contributed by atoms with E-state index in [4.69, 9.17) is 23.8 Å². The molecule has 5 nitrogen and oxygen atoms in total. The lowest BCUT2D eigenvalue weighted by atomic mass is 9.89. The van der Waals surface area contributed by atoms with Gasteiger partial charge in [0.25, 0.3) is 5.56 Å². The summed E-state index contributed by atoms with van der Waals surface area (Å²) >= 11 is 13.2. The zero-order valence-electron chi connectivity index (χ0n) is 14.0. The van der Waals surface area contributed by atoms with Gasteiger partial charge in [-0.1, -0.05) is 18.5 Å². The molecule has 0 saturated heterocycles. The molecule has 8 heteroatoms. The van der Waals surface area contributed by atoms with Crippen LogP contribution in [-0.4, -0.2) is 19.2 Å². The van der Waals surface area contributed by atoms with Crippen molar-refractivity contribution in [2.24, 2.45) is 5.92 Å². The van der Waals surface area contributed by atoms with Gasteiger partial charge in [-0.2, -0.15) is 0 Å². The van der Waals surface area contributed by atoms with Crippen molar-refractivity contribution in [1.82, 2.24) is 19.2 Å². The molecule has 1 N–H and O–H groups in total. The topological polar surface area (TPSA) is 55.1 Å². The Morgan fingerprint density at radius 3 is 2.88 bits per heavy atom. The Kier molecular flexibility index (Phi) is 3.60. The number of aromatic nitrogens is 4. The summed E-state index contributed by atoms with van der Waals surface area (Å²) in [5, 5.41) is 8.57. The van der Waals surface area contributed by atoms with Crippen molar-refractivity contribution in [2.75, 3.05) is 0 Å². The number of fused-ring (bicyclic) bond motifs is 5. The van der Waals surface area contributed by atoms with Crippen LogP contribution in [0.15, 0.2) is 29.1 Å². The van der Waals surface area contributed by atoms with E-state index in [2.05, 4.69) is 17.1 Å². The number of nitrogens with zero attached hydrogens (tertiary/aromatic N) is 3. The molecule has 0 radical (unpaired) electrons. The van der Waals surface area contributed by atoms with Crippen LogP contribution < -0.4 is 5.56 Å². The number of rotatable bonds is 1. The second-order valence-electron chi connectivity index (χ2n) is 6.81. The summed E-state index contributed by atoms with van der Waals surface area (Å²) in [7, 11) is 0. The van der Waals surface area contributed by atoms with E-state index >= 15 is 0 Å². The third-order valence-corrected chi connectivity index (χ3v) is 6.82. The van der Waals surface area contributed by atoms with Gasteiger partial charge in [0, 0.05) is 9.90 Å². The molecular weight excluding hydrogens is 388 g/mol. The first-order valence-corrected chi connectivity index (χ1v) is 10.1. The van der Waals surface area contributed by atoms with Gasteiger partial charge >= 0.3 is 0 Å². The minimum Gasteiger partial charge on any atom is -0.268 e. The van der Waals surface area contributed by atoms with Gasteiger partial charge in [0.15, 0.2) is 0 Å². The summed E-state index contributed by atoms with van der Waals surface area (Å²) in [5.41, 5.74) is 1.86. The SMILES string of the molecule is CC1CCc2c(sc3c2c(=O)n(-c2ccc(Cl)cc2)c2n[nH]c(=S)n32)C1. The Balaban J connectivity index is 1.96. The molecular formula is C18H15ClN4OS2. The van der Waals surface area contributed by atoms with E-state index in [0.717, 1.165) is 35.2 Å². The number of halogens is 1. The predicted octanol–water partition coefficient (Wildman–Crippen LogP) is 4.54. The molecule has 0 bridgehead atoms. The summed E-state index contributed by atoms with van der Waals surface area (Å²) in [5.74, 6) is 1.14. The maximum atomic E-state index is 13.5. The lowest BCUT2D eigenvalue weighted by Gasteiger charge is -2.17. The summed E-state index contributed by atoms with van der Waals surface area (Å²) in [6, 6.07) is 7.20. The van der Waals surface area contributed by atoms with Gasteiger partial charge in [-0.05, 0) is 67.2 Å². The molecule has 0 aliphatic heterocycles. The first kappa shape index (κ1) is 16.2. The third-order valence-electron chi connectivity index (χ3n) is 5.05. The summed E-state index contributed by atoms with van der Waals surface area (Å²) in [4.78, 5) is 15.7. The van der Waals surface area contributed by atoms with Gasteiger partial charge < -0.3 is 0 Å². The molecule has 132 valence electrons. The van der Waals surface area contributed by atoms with Crippen LogP contribution in [0.5, 0.6) is 0 Å². The van der Waals surface area contributed by atoms with Crippen molar-refractivity contribution >= 4 is 51.1 Å². The van der Waals surface area contributed by atoms with Gasteiger partial charge in [-0.3, -0.25) is 4.79 Å². The number of hydrogen-bond donors (Lipinski definition) is 1. The molecule has 0 spiro atoms. The Hall–Kier alpha value is -1.96. The average molecular weight is 403 g/mol. The maximum absolute atomic E-state index is 13.5. The first-order chi connectivity index (χ1) is 12.5. The zero-order valence-corrected chi connectivity index (χ0v) is 16.3. The van der Waals surface area contributed by atoms with Gasteiger partial charge in [0.1, 0.15) is 4.83 Å². The molecule has 1 atom stereocenters. The van der Waals surface area contributed by atoms with Crippen LogP contribution in [0, 0.1) is 10.7 Å². The second-order valence-corrected chi connectivity index (χ2v) is 8.72. The van der Waals surface area contributed by atoms with Crippen molar-refractivity contribution in [1.29, 1.82) is 0 Å². The number of benzene rings is 1. The molecule has 1 aliphatic rings. The van der Waals surface area contributed by atoms with Crippen LogP contribution in [0.4, 0.5) is 0 Å². The molecule has 0 fully saturated rings. The molecule has 1 unspecified atom stereocenters. The zero-order chi connectivity index (χ0) is 18.0. The summed E-state index contributed by atoms with van der Waals surface area (Å²) in [6.45, 7) is 2.26. The number of nitrogens with one attached hydrogen (secondary N) is 1. The largest absolute Gasteiger partial charge is 0.268 e. The van der Waals surface area contributed by atoms with E-state index in [1.54, 1.807) is 28.0 Å². The van der Waals surface area contributed by atoms with E-state index in [-0.39, 0.29) is 5.56 Å². The highest BCUT2D eigenvalue weighted by Crippen LogP contribution is 2.37. The van der Waals surface area contributed by atoms with Crippen LogP contribution in [0.2, 0.25) is 5.02 Å². The fourth-order valence-electron chi connectivity index (χ4n) is 3.76. The quantitative estimate of drug-likeness (QED) is 0.476. The van der Waals surface area contributed by atoms with Crippen LogP contribution in [0.25, 0.3) is 21.7 Å². The molecule has 26 heavy (non-hydrogen) atoms. The number of aromatic amines is 1. The van der Waals surface area contributed by atoms with E-state index < -0.39 is 0 Å². The Bertz CT molecular complexity index is 1280. The van der Waals surface area contributed by atoms with Gasteiger partial charge in [-0.15, -0.1) is 16.4 Å². The standard InChI is InChI=1S/C18H15ClN4OS2/c1-9-2-7-12-13(8-9)26-16-14(12)15(24)22(11-5-3-10(19)4-6-11)17-20-21-18(25)23(16)17/h3-6,9H,2,7-8H2,1H3,(H,21,25). The van der Waals surface area contributed by atoms with Crippen molar-refractivity contribution in [3.05, 3.63) is 54.9 Å². The first-order valence-electron chi connectivity index (χ1n) is 8.47. The minimum absolute atomic E-state index is 0.0455. The maximum Gasteiger partial charge on any atom is 0.268 e. The third kappa shape index (κ3) is 2.24. The monoisotopic (exact) mass is 402 g/mol. The summed E-state index contributed by atoms with van der Waals surface area (Å²) in [6.07, 6.45) is 3.05. The highest BCUT2D eigenvalue weighted by molar-refractivity contribution is 7.71. The highest BCUT2D eigenvalue weighted by Gasteiger charge is 2.26. The Morgan fingerprint density at radius 2 is 2.12 bits per heavy atom. The molecule has 1 aliphatic carbocycles. The minimum atomic E-state index is -0.0455. The number of hydrogen-bond acceptors (Lipinski definition) is 4. The molecule has 3 aromatic heterocycles. The fraction of sp³-hybridized carbons (Fsp3) is 0.278. The van der Waals surface area contributed by atoms with E-state index in [1.807, 2.05) is 16.5 Å². The van der Waals surface area contributed by atoms with Crippen LogP contribution >= 0.6 is 35.2 Å². The van der Waals surface area contributed by atoms with Crippen LogP contribution in [-0.2, 0) is 12.8 Å². The molecule has 0 amide bonds. The normalized spacial score (nSPS) is 17.1. The molecule has 5 rings (SSSR count). The van der Waals surface area contributed by atoms with Gasteiger partial charge in [0.05, 0.1) is 11.1 Å².